The number of alkyl halides is 1. The Hall–Kier alpha value is -0.770. The molecule has 2 rings (SSSR count). The molecule has 5 heteroatoms. The smallest absolute Gasteiger partial charge is 0.240 e. The summed E-state index contributed by atoms with van der Waals surface area (Å²) in [4.78, 5) is 27.8. The van der Waals surface area contributed by atoms with Crippen molar-refractivity contribution in [3.63, 3.8) is 0 Å². The standard InChI is InChI=1S/C15H25ClN2O2/c1-11(16)15(20)18(13-5-3-4-6-13)14-7-9-17(10-8-14)12(2)19/h11,13-14H,3-10H2,1-2H3. The van der Waals surface area contributed by atoms with Gasteiger partial charge in [-0.2, -0.15) is 0 Å². The van der Waals surface area contributed by atoms with Crippen LogP contribution in [0.2, 0.25) is 0 Å². The second kappa shape index (κ2) is 6.79. The molecule has 0 radical (unpaired) electrons. The van der Waals surface area contributed by atoms with Crippen LogP contribution in [-0.4, -0.2) is 52.2 Å². The maximum Gasteiger partial charge on any atom is 0.240 e. The summed E-state index contributed by atoms with van der Waals surface area (Å²) in [6, 6.07) is 0.611. The van der Waals surface area contributed by atoms with Gasteiger partial charge in [-0.3, -0.25) is 9.59 Å². The van der Waals surface area contributed by atoms with Gasteiger partial charge in [0.15, 0.2) is 0 Å². The molecule has 0 N–H and O–H groups in total. The molecule has 0 spiro atoms. The number of carbonyl (C=O) groups excluding carboxylic acids is 2. The summed E-state index contributed by atoms with van der Waals surface area (Å²) in [6.07, 6.45) is 6.37. The molecule has 1 unspecified atom stereocenters. The van der Waals surface area contributed by atoms with Crippen LogP contribution >= 0.6 is 11.6 Å². The first-order valence-corrected chi connectivity index (χ1v) is 8.16. The molecule has 0 bridgehead atoms. The Kier molecular flexibility index (Phi) is 5.30. The lowest BCUT2D eigenvalue weighted by Gasteiger charge is -2.42. The third kappa shape index (κ3) is 3.46. The average Bonchev–Trinajstić information content (AvgIpc) is 2.93. The van der Waals surface area contributed by atoms with E-state index in [-0.39, 0.29) is 17.9 Å². The van der Waals surface area contributed by atoms with E-state index in [4.69, 9.17) is 11.6 Å². The number of carbonyl (C=O) groups is 2. The van der Waals surface area contributed by atoms with Crippen molar-refractivity contribution >= 4 is 23.4 Å². The lowest BCUT2D eigenvalue weighted by molar-refractivity contribution is -0.138. The highest BCUT2D eigenvalue weighted by molar-refractivity contribution is 6.30. The van der Waals surface area contributed by atoms with Crippen LogP contribution < -0.4 is 0 Å². The Bertz CT molecular complexity index is 359. The van der Waals surface area contributed by atoms with E-state index in [1.807, 2.05) is 4.90 Å². The summed E-state index contributed by atoms with van der Waals surface area (Å²) in [5, 5.41) is -0.457. The summed E-state index contributed by atoms with van der Waals surface area (Å²) in [6.45, 7) is 4.89. The first-order chi connectivity index (χ1) is 9.50. The fourth-order valence-corrected chi connectivity index (χ4v) is 3.62. The second-order valence-electron chi connectivity index (χ2n) is 6.04. The van der Waals surface area contributed by atoms with Gasteiger partial charge >= 0.3 is 0 Å². The van der Waals surface area contributed by atoms with Gasteiger partial charge in [-0.05, 0) is 32.6 Å². The summed E-state index contributed by atoms with van der Waals surface area (Å²) >= 11 is 6.04. The highest BCUT2D eigenvalue weighted by Crippen LogP contribution is 2.29. The summed E-state index contributed by atoms with van der Waals surface area (Å²) < 4.78 is 0. The second-order valence-corrected chi connectivity index (χ2v) is 6.69. The molecule has 2 fully saturated rings. The number of halogens is 1. The molecule has 20 heavy (non-hydrogen) atoms. The number of hydrogen-bond acceptors (Lipinski definition) is 2. The van der Waals surface area contributed by atoms with Gasteiger partial charge in [-0.1, -0.05) is 12.8 Å². The van der Waals surface area contributed by atoms with Gasteiger partial charge in [0, 0.05) is 32.1 Å². The van der Waals surface area contributed by atoms with Crippen molar-refractivity contribution in [3.8, 4) is 0 Å². The van der Waals surface area contributed by atoms with Gasteiger partial charge in [0.25, 0.3) is 0 Å². The molecule has 0 aromatic carbocycles. The predicted octanol–water partition coefficient (Wildman–Crippen LogP) is 2.40. The van der Waals surface area contributed by atoms with E-state index in [1.54, 1.807) is 13.8 Å². The molecule has 0 aromatic rings. The van der Waals surface area contributed by atoms with Crippen molar-refractivity contribution in [3.05, 3.63) is 0 Å². The van der Waals surface area contributed by atoms with Crippen LogP contribution in [0, 0.1) is 0 Å². The minimum Gasteiger partial charge on any atom is -0.343 e. The zero-order valence-electron chi connectivity index (χ0n) is 12.5. The molecular weight excluding hydrogens is 276 g/mol. The van der Waals surface area contributed by atoms with Gasteiger partial charge in [-0.25, -0.2) is 0 Å². The molecule has 2 aliphatic rings. The lowest BCUT2D eigenvalue weighted by atomic mass is 9.99. The largest absolute Gasteiger partial charge is 0.343 e. The molecule has 4 nitrogen and oxygen atoms in total. The fraction of sp³-hybridized carbons (Fsp3) is 0.867. The molecule has 1 aliphatic carbocycles. The maximum absolute atomic E-state index is 12.5. The third-order valence-electron chi connectivity index (χ3n) is 4.62. The van der Waals surface area contributed by atoms with Gasteiger partial charge in [0.1, 0.15) is 5.38 Å². The minimum atomic E-state index is -0.457. The zero-order valence-corrected chi connectivity index (χ0v) is 13.2. The van der Waals surface area contributed by atoms with Crippen molar-refractivity contribution in [2.45, 2.75) is 69.8 Å². The maximum atomic E-state index is 12.5. The Morgan fingerprint density at radius 2 is 1.60 bits per heavy atom. The highest BCUT2D eigenvalue weighted by atomic mass is 35.5. The van der Waals surface area contributed by atoms with Crippen LogP contribution in [0.15, 0.2) is 0 Å². The number of amides is 2. The third-order valence-corrected chi connectivity index (χ3v) is 4.80. The molecule has 1 saturated carbocycles. The van der Waals surface area contributed by atoms with Crippen molar-refractivity contribution in [1.82, 2.24) is 9.80 Å². The van der Waals surface area contributed by atoms with Crippen LogP contribution in [0.1, 0.15) is 52.4 Å². The molecule has 1 atom stereocenters. The van der Waals surface area contributed by atoms with E-state index in [9.17, 15) is 9.59 Å². The molecule has 114 valence electrons. The molecule has 0 aromatic heterocycles. The van der Waals surface area contributed by atoms with Crippen LogP contribution in [0.3, 0.4) is 0 Å². The van der Waals surface area contributed by atoms with Crippen LogP contribution in [0.4, 0.5) is 0 Å². The van der Waals surface area contributed by atoms with Gasteiger partial charge in [-0.15, -0.1) is 11.6 Å². The predicted molar refractivity (Wildman–Crippen MR) is 79.7 cm³/mol. The monoisotopic (exact) mass is 300 g/mol. The first-order valence-electron chi connectivity index (χ1n) is 7.72. The lowest BCUT2D eigenvalue weighted by Crippen LogP contribution is -2.53. The summed E-state index contributed by atoms with van der Waals surface area (Å²) in [7, 11) is 0. The van der Waals surface area contributed by atoms with E-state index in [2.05, 4.69) is 4.90 Å². The number of nitrogens with zero attached hydrogens (tertiary/aromatic N) is 2. The zero-order chi connectivity index (χ0) is 14.7. The van der Waals surface area contributed by atoms with Crippen molar-refractivity contribution in [2.75, 3.05) is 13.1 Å². The molecule has 2 amide bonds. The number of likely N-dealkylation sites (tertiary alicyclic amines) is 1. The normalized spacial score (nSPS) is 22.9. The Morgan fingerprint density at radius 1 is 1.10 bits per heavy atom. The average molecular weight is 301 g/mol. The molecule has 1 saturated heterocycles. The fourth-order valence-electron chi connectivity index (χ4n) is 3.50. The van der Waals surface area contributed by atoms with Crippen molar-refractivity contribution < 1.29 is 9.59 Å². The Labute approximate surface area is 126 Å². The van der Waals surface area contributed by atoms with Crippen LogP contribution in [-0.2, 0) is 9.59 Å². The van der Waals surface area contributed by atoms with E-state index >= 15 is 0 Å². The van der Waals surface area contributed by atoms with E-state index in [1.165, 1.54) is 12.8 Å². The van der Waals surface area contributed by atoms with E-state index in [0.717, 1.165) is 38.8 Å². The first kappa shape index (κ1) is 15.6. The van der Waals surface area contributed by atoms with Gasteiger partial charge in [0.05, 0.1) is 0 Å². The van der Waals surface area contributed by atoms with E-state index in [0.29, 0.717) is 6.04 Å². The van der Waals surface area contributed by atoms with Crippen LogP contribution in [0.25, 0.3) is 0 Å². The Morgan fingerprint density at radius 3 is 2.05 bits per heavy atom. The minimum absolute atomic E-state index is 0.0693. The van der Waals surface area contributed by atoms with Gasteiger partial charge in [0.2, 0.25) is 11.8 Å². The van der Waals surface area contributed by atoms with Crippen molar-refractivity contribution in [1.29, 1.82) is 0 Å². The number of rotatable bonds is 3. The molecule has 1 heterocycles. The van der Waals surface area contributed by atoms with E-state index < -0.39 is 5.38 Å². The quantitative estimate of drug-likeness (QED) is 0.751. The SMILES string of the molecule is CC(=O)N1CCC(N(C(=O)C(C)Cl)C2CCCC2)CC1. The number of piperidine rings is 1. The van der Waals surface area contributed by atoms with Gasteiger partial charge < -0.3 is 9.80 Å². The number of hydrogen-bond donors (Lipinski definition) is 0. The Balaban J connectivity index is 2.04. The van der Waals surface area contributed by atoms with Crippen LogP contribution in [0.5, 0.6) is 0 Å². The summed E-state index contributed by atoms with van der Waals surface area (Å²) in [5.74, 6) is 0.202. The highest BCUT2D eigenvalue weighted by Gasteiger charge is 2.36. The molecular formula is C15H25ClN2O2. The summed E-state index contributed by atoms with van der Waals surface area (Å²) in [5.41, 5.74) is 0. The van der Waals surface area contributed by atoms with Crippen molar-refractivity contribution in [2.24, 2.45) is 0 Å². The topological polar surface area (TPSA) is 40.6 Å². The molecule has 1 aliphatic heterocycles.